The quantitative estimate of drug-likeness (QED) is 0.556. The van der Waals surface area contributed by atoms with Crippen LogP contribution in [0.5, 0.6) is 0 Å². The van der Waals surface area contributed by atoms with Crippen LogP contribution in [0.2, 0.25) is 0 Å². The first-order valence-electron chi connectivity index (χ1n) is 3.98. The lowest BCUT2D eigenvalue weighted by molar-refractivity contribution is 1.07. The van der Waals surface area contributed by atoms with Gasteiger partial charge in [0.25, 0.3) is 0 Å². The number of aromatic nitrogens is 4. The van der Waals surface area contributed by atoms with Crippen LogP contribution in [0, 0.1) is 0 Å². The molecular weight excluding hydrogens is 164 g/mol. The molecule has 0 spiro atoms. The van der Waals surface area contributed by atoms with Gasteiger partial charge >= 0.3 is 0 Å². The minimum Gasteiger partial charge on any atom is -0.278 e. The summed E-state index contributed by atoms with van der Waals surface area (Å²) in [6.07, 6.45) is 3.48. The van der Waals surface area contributed by atoms with Crippen molar-refractivity contribution in [2.75, 3.05) is 0 Å². The summed E-state index contributed by atoms with van der Waals surface area (Å²) in [7, 11) is 0. The zero-order chi connectivity index (χ0) is 8.67. The van der Waals surface area contributed by atoms with Gasteiger partial charge in [-0.05, 0) is 18.2 Å². The van der Waals surface area contributed by atoms with Crippen LogP contribution in [-0.4, -0.2) is 20.4 Å². The van der Waals surface area contributed by atoms with Gasteiger partial charge in [-0.3, -0.25) is 5.10 Å². The van der Waals surface area contributed by atoms with Crippen LogP contribution in [0.4, 0.5) is 0 Å². The Morgan fingerprint density at radius 1 is 1.15 bits per heavy atom. The van der Waals surface area contributed by atoms with E-state index < -0.39 is 0 Å². The van der Waals surface area contributed by atoms with Gasteiger partial charge in [-0.15, -0.1) is 5.10 Å². The molecule has 0 amide bonds. The molecule has 0 radical (unpaired) electrons. The summed E-state index contributed by atoms with van der Waals surface area (Å²) in [4.78, 5) is 0. The Kier molecular flexibility index (Phi) is 1.14. The molecule has 4 nitrogen and oxygen atoms in total. The SMILES string of the molecule is c1cc2c(ccc3cnnc32)[nH]n1. The van der Waals surface area contributed by atoms with Crippen molar-refractivity contribution in [2.24, 2.45) is 0 Å². The van der Waals surface area contributed by atoms with Crippen LogP contribution in [0.3, 0.4) is 0 Å². The fraction of sp³-hybridized carbons (Fsp3) is 0. The molecule has 0 saturated carbocycles. The van der Waals surface area contributed by atoms with Crippen LogP contribution in [0.1, 0.15) is 0 Å². The second kappa shape index (κ2) is 2.26. The van der Waals surface area contributed by atoms with E-state index >= 15 is 0 Å². The monoisotopic (exact) mass is 170 g/mol. The van der Waals surface area contributed by atoms with Gasteiger partial charge in [0.05, 0.1) is 11.7 Å². The van der Waals surface area contributed by atoms with E-state index in [9.17, 15) is 0 Å². The van der Waals surface area contributed by atoms with Crippen molar-refractivity contribution in [3.05, 3.63) is 30.6 Å². The Balaban J connectivity index is 2.65. The highest BCUT2D eigenvalue weighted by atomic mass is 15.1. The van der Waals surface area contributed by atoms with Gasteiger partial charge in [0.1, 0.15) is 5.52 Å². The normalized spacial score (nSPS) is 11.1. The lowest BCUT2D eigenvalue weighted by Crippen LogP contribution is -1.82. The predicted molar refractivity (Wildman–Crippen MR) is 49.2 cm³/mol. The summed E-state index contributed by atoms with van der Waals surface area (Å²) >= 11 is 0. The largest absolute Gasteiger partial charge is 0.278 e. The van der Waals surface area contributed by atoms with Crippen molar-refractivity contribution in [2.45, 2.75) is 0 Å². The molecule has 62 valence electrons. The smallest absolute Gasteiger partial charge is 0.104 e. The van der Waals surface area contributed by atoms with Crippen molar-refractivity contribution in [3.63, 3.8) is 0 Å². The van der Waals surface area contributed by atoms with E-state index in [1.165, 1.54) is 0 Å². The molecule has 0 unspecified atom stereocenters. The number of hydrogen-bond donors (Lipinski definition) is 1. The van der Waals surface area contributed by atoms with E-state index in [-0.39, 0.29) is 0 Å². The van der Waals surface area contributed by atoms with E-state index in [2.05, 4.69) is 20.4 Å². The number of nitrogens with zero attached hydrogens (tertiary/aromatic N) is 3. The van der Waals surface area contributed by atoms with Gasteiger partial charge in [0.15, 0.2) is 0 Å². The Bertz CT molecular complexity index is 570. The van der Waals surface area contributed by atoms with Gasteiger partial charge in [-0.25, -0.2) is 0 Å². The molecule has 0 aliphatic heterocycles. The first-order chi connectivity index (χ1) is 6.45. The number of rotatable bonds is 0. The maximum Gasteiger partial charge on any atom is 0.104 e. The minimum atomic E-state index is 0.927. The lowest BCUT2D eigenvalue weighted by atomic mass is 10.2. The standard InChI is InChI=1S/C9H6N4/c1-2-8-7(3-4-10-12-8)9-6(1)5-11-13-9/h1-5,12H. The van der Waals surface area contributed by atoms with Gasteiger partial charge in [0.2, 0.25) is 0 Å². The Labute approximate surface area is 73.6 Å². The van der Waals surface area contributed by atoms with E-state index in [4.69, 9.17) is 0 Å². The van der Waals surface area contributed by atoms with Crippen molar-refractivity contribution < 1.29 is 0 Å². The van der Waals surface area contributed by atoms with Crippen molar-refractivity contribution in [1.82, 2.24) is 20.4 Å². The fourth-order valence-corrected chi connectivity index (χ4v) is 1.47. The number of benzene rings is 1. The molecule has 1 N–H and O–H groups in total. The van der Waals surface area contributed by atoms with E-state index in [1.807, 2.05) is 18.2 Å². The van der Waals surface area contributed by atoms with Crippen LogP contribution >= 0.6 is 0 Å². The number of nitrogens with one attached hydrogen (secondary N) is 1. The molecule has 0 aliphatic carbocycles. The van der Waals surface area contributed by atoms with Gasteiger partial charge in [-0.2, -0.15) is 10.2 Å². The highest BCUT2D eigenvalue weighted by Crippen LogP contribution is 2.20. The Hall–Kier alpha value is -1.97. The number of aromatic amines is 1. The first-order valence-corrected chi connectivity index (χ1v) is 3.98. The predicted octanol–water partition coefficient (Wildman–Crippen LogP) is 1.51. The third-order valence-corrected chi connectivity index (χ3v) is 2.10. The van der Waals surface area contributed by atoms with Crippen LogP contribution in [0.15, 0.2) is 30.6 Å². The molecule has 0 bridgehead atoms. The second-order valence-corrected chi connectivity index (χ2v) is 2.87. The highest BCUT2D eigenvalue weighted by molar-refractivity contribution is 6.02. The number of H-pyrrole nitrogens is 1. The molecule has 4 heteroatoms. The average Bonchev–Trinajstić information content (AvgIpc) is 2.65. The zero-order valence-corrected chi connectivity index (χ0v) is 6.73. The lowest BCUT2D eigenvalue weighted by Gasteiger charge is -1.95. The van der Waals surface area contributed by atoms with Gasteiger partial charge in [0, 0.05) is 17.0 Å². The first kappa shape index (κ1) is 6.54. The van der Waals surface area contributed by atoms with Crippen molar-refractivity contribution in [1.29, 1.82) is 0 Å². The molecule has 0 aliphatic rings. The highest BCUT2D eigenvalue weighted by Gasteiger charge is 2.01. The Morgan fingerprint density at radius 3 is 3.15 bits per heavy atom. The number of fused-ring (bicyclic) bond motifs is 3. The summed E-state index contributed by atoms with van der Waals surface area (Å²) in [5, 5.41) is 16.9. The van der Waals surface area contributed by atoms with Gasteiger partial charge in [-0.1, -0.05) is 0 Å². The summed E-state index contributed by atoms with van der Waals surface area (Å²) in [5.74, 6) is 0. The van der Waals surface area contributed by atoms with Crippen LogP contribution in [0.25, 0.3) is 21.8 Å². The molecule has 2 aromatic heterocycles. The van der Waals surface area contributed by atoms with E-state index in [0.717, 1.165) is 21.8 Å². The van der Waals surface area contributed by atoms with E-state index in [1.54, 1.807) is 12.4 Å². The molecule has 3 rings (SSSR count). The van der Waals surface area contributed by atoms with Crippen LogP contribution in [-0.2, 0) is 0 Å². The maximum absolute atomic E-state index is 4.05. The average molecular weight is 170 g/mol. The topological polar surface area (TPSA) is 54.5 Å². The van der Waals surface area contributed by atoms with Gasteiger partial charge < -0.3 is 0 Å². The third kappa shape index (κ3) is 0.823. The molecule has 2 heterocycles. The minimum absolute atomic E-state index is 0.927. The molecule has 0 saturated heterocycles. The number of hydrogen-bond acceptors (Lipinski definition) is 3. The summed E-state index contributed by atoms with van der Waals surface area (Å²) < 4.78 is 0. The summed E-state index contributed by atoms with van der Waals surface area (Å²) in [6.45, 7) is 0. The molecule has 0 fully saturated rings. The summed E-state index contributed by atoms with van der Waals surface area (Å²) in [5.41, 5.74) is 1.91. The fourth-order valence-electron chi connectivity index (χ4n) is 1.47. The maximum atomic E-state index is 4.05. The zero-order valence-electron chi connectivity index (χ0n) is 6.73. The second-order valence-electron chi connectivity index (χ2n) is 2.87. The molecular formula is C9H6N4. The van der Waals surface area contributed by atoms with E-state index in [0.29, 0.717) is 0 Å². The molecule has 13 heavy (non-hydrogen) atoms. The molecule has 1 aromatic carbocycles. The summed E-state index contributed by atoms with van der Waals surface area (Å²) in [6, 6.07) is 5.90. The molecule has 0 atom stereocenters. The van der Waals surface area contributed by atoms with Crippen molar-refractivity contribution in [3.8, 4) is 0 Å². The third-order valence-electron chi connectivity index (χ3n) is 2.10. The Morgan fingerprint density at radius 2 is 2.15 bits per heavy atom. The van der Waals surface area contributed by atoms with Crippen LogP contribution < -0.4 is 0 Å². The van der Waals surface area contributed by atoms with Crippen molar-refractivity contribution >= 4 is 21.8 Å². The molecule has 3 aromatic rings.